The fraction of sp³-hybridized carbons (Fsp3) is 0.0435. The molecule has 1 aliphatic rings. The van der Waals surface area contributed by atoms with E-state index in [4.69, 9.17) is 4.74 Å². The van der Waals surface area contributed by atoms with Gasteiger partial charge in [-0.05, 0) is 92.8 Å². The van der Waals surface area contributed by atoms with E-state index in [-0.39, 0.29) is 11.1 Å². The molecule has 0 bridgehead atoms. The minimum atomic E-state index is -0.320. The van der Waals surface area contributed by atoms with Crippen LogP contribution in [0.15, 0.2) is 77.7 Å². The summed E-state index contributed by atoms with van der Waals surface area (Å²) in [5, 5.41) is -0.301. The van der Waals surface area contributed by atoms with Gasteiger partial charge in [-0.25, -0.2) is 4.90 Å². The lowest BCUT2D eigenvalue weighted by Gasteiger charge is -2.13. The third-order valence-corrected chi connectivity index (χ3v) is 6.65. The third kappa shape index (κ3) is 4.73. The molecule has 0 radical (unpaired) electrons. The molecule has 7 heteroatoms. The van der Waals surface area contributed by atoms with Crippen molar-refractivity contribution in [3.8, 4) is 5.75 Å². The summed E-state index contributed by atoms with van der Waals surface area (Å²) in [7, 11) is 0. The van der Waals surface area contributed by atoms with Crippen molar-refractivity contribution in [3.63, 3.8) is 0 Å². The van der Waals surface area contributed by atoms with Crippen LogP contribution in [-0.2, 0) is 11.4 Å². The number of imide groups is 1. The maximum absolute atomic E-state index is 13.0. The van der Waals surface area contributed by atoms with Crippen LogP contribution in [0.25, 0.3) is 6.08 Å². The summed E-state index contributed by atoms with van der Waals surface area (Å²) < 4.78 is 8.09. The lowest BCUT2D eigenvalue weighted by Crippen LogP contribution is -2.27. The molecule has 2 amide bonds. The van der Waals surface area contributed by atoms with Gasteiger partial charge in [-0.2, -0.15) is 0 Å². The van der Waals surface area contributed by atoms with Crippen LogP contribution in [0.1, 0.15) is 11.1 Å². The van der Waals surface area contributed by atoms with Gasteiger partial charge >= 0.3 is 0 Å². The quantitative estimate of drug-likeness (QED) is 0.230. The number of rotatable bonds is 5. The summed E-state index contributed by atoms with van der Waals surface area (Å²) in [5.74, 6) is 0.380. The predicted molar refractivity (Wildman–Crippen MR) is 138 cm³/mol. The number of benzene rings is 3. The Bertz CT molecular complexity index is 1130. The first kappa shape index (κ1) is 21.4. The maximum Gasteiger partial charge on any atom is 0.298 e. The van der Waals surface area contributed by atoms with Gasteiger partial charge in [0.05, 0.1) is 14.2 Å². The smallest absolute Gasteiger partial charge is 0.298 e. The predicted octanol–water partition coefficient (Wildman–Crippen LogP) is 6.72. The Balaban J connectivity index is 1.66. The molecular weight excluding hydrogens is 624 g/mol. The number of nitrogens with zero attached hydrogens (tertiary/aromatic N) is 1. The van der Waals surface area contributed by atoms with E-state index < -0.39 is 0 Å². The van der Waals surface area contributed by atoms with Gasteiger partial charge in [-0.3, -0.25) is 9.59 Å². The number of carbonyl (C=O) groups excluding carboxylic acids is 2. The molecule has 0 saturated carbocycles. The van der Waals surface area contributed by atoms with E-state index in [1.807, 2.05) is 48.5 Å². The van der Waals surface area contributed by atoms with Crippen LogP contribution in [0, 0.1) is 7.14 Å². The van der Waals surface area contributed by atoms with Crippen LogP contribution in [0.2, 0.25) is 0 Å². The summed E-state index contributed by atoms with van der Waals surface area (Å²) >= 11 is 5.42. The van der Waals surface area contributed by atoms with Gasteiger partial charge in [0.25, 0.3) is 11.1 Å². The highest BCUT2D eigenvalue weighted by atomic mass is 127. The molecule has 4 rings (SSSR count). The number of ether oxygens (including phenoxy) is 1. The molecule has 150 valence electrons. The molecular formula is C23H15I2NO3S. The van der Waals surface area contributed by atoms with Crippen LogP contribution in [0.5, 0.6) is 5.75 Å². The second-order valence-electron chi connectivity index (χ2n) is 6.43. The number of anilines is 1. The molecule has 3 aromatic rings. The Hall–Kier alpha value is -1.85. The molecule has 1 heterocycles. The zero-order chi connectivity index (χ0) is 21.1. The summed E-state index contributed by atoms with van der Waals surface area (Å²) in [6.45, 7) is 0.420. The number of hydrogen-bond acceptors (Lipinski definition) is 4. The lowest BCUT2D eigenvalue weighted by molar-refractivity contribution is -0.113. The van der Waals surface area contributed by atoms with Crippen LogP contribution in [0.4, 0.5) is 10.5 Å². The highest BCUT2D eigenvalue weighted by molar-refractivity contribution is 14.1. The van der Waals surface area contributed by atoms with E-state index in [2.05, 4.69) is 45.2 Å². The SMILES string of the molecule is O=C1S/C(=C\c2cc(I)cc(I)c2OCc2ccccc2)C(=O)N1c1ccccc1. The molecule has 1 fully saturated rings. The van der Waals surface area contributed by atoms with Crippen LogP contribution >= 0.6 is 56.9 Å². The average molecular weight is 639 g/mol. The van der Waals surface area contributed by atoms with Crippen molar-refractivity contribution in [3.05, 3.63) is 96.0 Å². The topological polar surface area (TPSA) is 46.6 Å². The second-order valence-corrected chi connectivity index (χ2v) is 9.83. The fourth-order valence-electron chi connectivity index (χ4n) is 2.98. The summed E-state index contributed by atoms with van der Waals surface area (Å²) in [5.41, 5.74) is 2.41. The summed E-state index contributed by atoms with van der Waals surface area (Å²) in [4.78, 5) is 27.0. The van der Waals surface area contributed by atoms with Crippen molar-refractivity contribution in [1.29, 1.82) is 0 Å². The van der Waals surface area contributed by atoms with Crippen molar-refractivity contribution in [2.75, 3.05) is 4.90 Å². The number of amides is 2. The van der Waals surface area contributed by atoms with Crippen molar-refractivity contribution < 1.29 is 14.3 Å². The van der Waals surface area contributed by atoms with E-state index in [0.717, 1.165) is 30.0 Å². The van der Waals surface area contributed by atoms with Gasteiger partial charge < -0.3 is 4.74 Å². The Labute approximate surface area is 206 Å². The van der Waals surface area contributed by atoms with E-state index in [1.165, 1.54) is 4.90 Å². The summed E-state index contributed by atoms with van der Waals surface area (Å²) in [6, 6.07) is 22.9. The van der Waals surface area contributed by atoms with Crippen molar-refractivity contribution in [1.82, 2.24) is 0 Å². The zero-order valence-corrected chi connectivity index (χ0v) is 20.7. The van der Waals surface area contributed by atoms with E-state index in [9.17, 15) is 9.59 Å². The molecule has 0 N–H and O–H groups in total. The molecule has 0 aliphatic carbocycles. The van der Waals surface area contributed by atoms with Crippen LogP contribution in [-0.4, -0.2) is 11.1 Å². The number of thioether (sulfide) groups is 1. The first-order chi connectivity index (χ1) is 14.5. The number of para-hydroxylation sites is 1. The monoisotopic (exact) mass is 639 g/mol. The lowest BCUT2D eigenvalue weighted by atomic mass is 10.1. The van der Waals surface area contributed by atoms with E-state index in [1.54, 1.807) is 30.3 Å². The second kappa shape index (κ2) is 9.52. The molecule has 1 aliphatic heterocycles. The normalized spacial score (nSPS) is 15.1. The molecule has 30 heavy (non-hydrogen) atoms. The van der Waals surface area contributed by atoms with E-state index >= 15 is 0 Å². The van der Waals surface area contributed by atoms with Gasteiger partial charge in [-0.15, -0.1) is 0 Å². The molecule has 0 spiro atoms. The Morgan fingerprint density at radius 3 is 2.30 bits per heavy atom. The Morgan fingerprint density at radius 2 is 1.60 bits per heavy atom. The standard InChI is InChI=1S/C23H15I2NO3S/c24-17-11-16(21(19(25)13-17)29-14-15-7-3-1-4-8-15)12-20-22(27)26(23(28)30-20)18-9-5-2-6-10-18/h1-13H,14H2/b20-12-. The van der Waals surface area contributed by atoms with E-state index in [0.29, 0.717) is 22.9 Å². The van der Waals surface area contributed by atoms with Gasteiger partial charge in [0.1, 0.15) is 12.4 Å². The minimum absolute atomic E-state index is 0.301. The van der Waals surface area contributed by atoms with Gasteiger partial charge in [0.15, 0.2) is 0 Å². The van der Waals surface area contributed by atoms with Crippen molar-refractivity contribution >= 4 is 79.9 Å². The molecule has 1 saturated heterocycles. The van der Waals surface area contributed by atoms with Crippen molar-refractivity contribution in [2.24, 2.45) is 0 Å². The first-order valence-corrected chi connectivity index (χ1v) is 12.0. The fourth-order valence-corrected chi connectivity index (χ4v) is 5.86. The largest absolute Gasteiger partial charge is 0.487 e. The Kier molecular flexibility index (Phi) is 6.79. The highest BCUT2D eigenvalue weighted by Crippen LogP contribution is 2.38. The summed E-state index contributed by atoms with van der Waals surface area (Å²) in [6.07, 6.45) is 1.75. The number of carbonyl (C=O) groups is 2. The zero-order valence-electron chi connectivity index (χ0n) is 15.5. The molecule has 3 aromatic carbocycles. The van der Waals surface area contributed by atoms with Gasteiger partial charge in [-0.1, -0.05) is 48.5 Å². The average Bonchev–Trinajstić information content (AvgIpc) is 3.01. The maximum atomic E-state index is 13.0. The van der Waals surface area contributed by atoms with Crippen LogP contribution in [0.3, 0.4) is 0 Å². The van der Waals surface area contributed by atoms with Crippen LogP contribution < -0.4 is 9.64 Å². The van der Waals surface area contributed by atoms with Crippen molar-refractivity contribution in [2.45, 2.75) is 6.61 Å². The number of halogens is 2. The minimum Gasteiger partial charge on any atom is -0.487 e. The molecule has 0 aromatic heterocycles. The highest BCUT2D eigenvalue weighted by Gasteiger charge is 2.36. The molecule has 4 nitrogen and oxygen atoms in total. The molecule has 0 atom stereocenters. The number of hydrogen-bond donors (Lipinski definition) is 0. The first-order valence-electron chi connectivity index (χ1n) is 9.02. The van der Waals surface area contributed by atoms with Gasteiger partial charge in [0.2, 0.25) is 0 Å². The van der Waals surface area contributed by atoms with Gasteiger partial charge in [0, 0.05) is 9.13 Å². The molecule has 0 unspecified atom stereocenters. The third-order valence-electron chi connectivity index (χ3n) is 4.36. The Morgan fingerprint density at radius 1 is 0.933 bits per heavy atom.